The number of rotatable bonds is 7. The van der Waals surface area contributed by atoms with Gasteiger partial charge in [-0.1, -0.05) is 78.7 Å². The lowest BCUT2D eigenvalue weighted by molar-refractivity contribution is -0.152. The van der Waals surface area contributed by atoms with Crippen LogP contribution in [-0.4, -0.2) is 88.2 Å². The number of nitrogens with zero attached hydrogens (tertiary/aromatic N) is 2. The Kier molecular flexibility index (Phi) is 9.96. The predicted molar refractivity (Wildman–Crippen MR) is 166 cm³/mol. The van der Waals surface area contributed by atoms with Crippen molar-refractivity contribution >= 4 is 39.6 Å². The van der Waals surface area contributed by atoms with E-state index in [1.165, 1.54) is 4.90 Å². The first-order valence-corrected chi connectivity index (χ1v) is 16.4. The average Bonchev–Trinajstić information content (AvgIpc) is 3.61. The minimum absolute atomic E-state index is 0.0741. The summed E-state index contributed by atoms with van der Waals surface area (Å²) in [5, 5.41) is 13.4. The summed E-state index contributed by atoms with van der Waals surface area (Å²) in [5.41, 5.74) is -0.641. The van der Waals surface area contributed by atoms with Crippen LogP contribution in [0.5, 0.6) is 0 Å². The molecule has 2 saturated heterocycles. The Morgan fingerprint density at radius 2 is 1.86 bits per heavy atom. The van der Waals surface area contributed by atoms with E-state index in [9.17, 15) is 24.3 Å². The summed E-state index contributed by atoms with van der Waals surface area (Å²) in [6.07, 6.45) is 7.36. The first kappa shape index (κ1) is 32.4. The highest BCUT2D eigenvalue weighted by Gasteiger charge is 2.75. The Morgan fingerprint density at radius 1 is 1.11 bits per heavy atom. The summed E-state index contributed by atoms with van der Waals surface area (Å²) in [6.45, 7) is 5.77. The SMILES string of the molecule is CCCC(C)N1C/C=C\CCC(=O)OC[C@H](c2ccccc2)NC(=O)[C@H]2[C@@H]3O[C@@]4(C=C3Br)[C@@H]2C(=O)N([C@@H](CC)CO)[C@@H]4C1=O. The van der Waals surface area contributed by atoms with Crippen LogP contribution in [0.4, 0.5) is 0 Å². The van der Waals surface area contributed by atoms with Crippen LogP contribution in [0.2, 0.25) is 0 Å². The second-order valence-electron chi connectivity index (χ2n) is 12.1. The molecule has 44 heavy (non-hydrogen) atoms. The maximum absolute atomic E-state index is 14.7. The molecule has 5 bridgehead atoms. The maximum Gasteiger partial charge on any atom is 0.306 e. The Bertz CT molecular complexity index is 1320. The lowest BCUT2D eigenvalue weighted by Crippen LogP contribution is -2.59. The molecule has 0 radical (unpaired) electrons. The first-order valence-electron chi connectivity index (χ1n) is 15.6. The smallest absolute Gasteiger partial charge is 0.306 e. The van der Waals surface area contributed by atoms with Crippen molar-refractivity contribution in [3.05, 3.63) is 58.6 Å². The van der Waals surface area contributed by atoms with Gasteiger partial charge in [0.1, 0.15) is 24.4 Å². The molecule has 1 aromatic carbocycles. The van der Waals surface area contributed by atoms with Gasteiger partial charge in [-0.15, -0.1) is 0 Å². The topological polar surface area (TPSA) is 125 Å². The molecule has 8 atom stereocenters. The molecule has 4 aliphatic rings. The summed E-state index contributed by atoms with van der Waals surface area (Å²) in [7, 11) is 0. The summed E-state index contributed by atoms with van der Waals surface area (Å²) in [6, 6.07) is 6.72. The monoisotopic (exact) mass is 671 g/mol. The molecule has 238 valence electrons. The number of allylic oxidation sites excluding steroid dienone is 1. The minimum atomic E-state index is -1.39. The van der Waals surface area contributed by atoms with E-state index in [0.29, 0.717) is 17.3 Å². The van der Waals surface area contributed by atoms with Crippen LogP contribution in [0.15, 0.2) is 53.0 Å². The molecule has 2 fully saturated rings. The molecular weight excluding hydrogens is 630 g/mol. The van der Waals surface area contributed by atoms with E-state index in [2.05, 4.69) is 28.2 Å². The van der Waals surface area contributed by atoms with E-state index in [1.807, 2.05) is 56.3 Å². The number of fused-ring (bicyclic) bond motifs is 2. The van der Waals surface area contributed by atoms with E-state index in [-0.39, 0.29) is 44.0 Å². The summed E-state index contributed by atoms with van der Waals surface area (Å²) >= 11 is 3.60. The second-order valence-corrected chi connectivity index (χ2v) is 13.0. The Hall–Kier alpha value is -3.02. The maximum atomic E-state index is 14.7. The average molecular weight is 673 g/mol. The number of benzene rings is 1. The fourth-order valence-corrected chi connectivity index (χ4v) is 7.93. The zero-order chi connectivity index (χ0) is 31.6. The predicted octanol–water partition coefficient (Wildman–Crippen LogP) is 3.40. The van der Waals surface area contributed by atoms with E-state index in [4.69, 9.17) is 9.47 Å². The number of nitrogens with one attached hydrogen (secondary N) is 1. The van der Waals surface area contributed by atoms with Gasteiger partial charge < -0.3 is 29.7 Å². The third-order valence-electron chi connectivity index (χ3n) is 9.41. The first-order chi connectivity index (χ1) is 21.2. The van der Waals surface area contributed by atoms with Gasteiger partial charge in [0.05, 0.1) is 30.5 Å². The number of likely N-dealkylation sites (tertiary alicyclic amines) is 1. The third kappa shape index (κ3) is 5.74. The van der Waals surface area contributed by atoms with E-state index in [1.54, 1.807) is 11.0 Å². The molecule has 1 unspecified atom stereocenters. The zero-order valence-electron chi connectivity index (χ0n) is 25.5. The molecular formula is C33H42BrN3O7. The van der Waals surface area contributed by atoms with Crippen molar-refractivity contribution in [2.24, 2.45) is 11.8 Å². The Labute approximate surface area is 266 Å². The number of aliphatic hydroxyl groups is 1. The Morgan fingerprint density at radius 3 is 2.55 bits per heavy atom. The lowest BCUT2D eigenvalue weighted by Gasteiger charge is -2.40. The van der Waals surface area contributed by atoms with Crippen LogP contribution in [0, 0.1) is 11.8 Å². The molecule has 1 aromatic rings. The molecule has 5 rings (SSSR count). The van der Waals surface area contributed by atoms with E-state index >= 15 is 0 Å². The van der Waals surface area contributed by atoms with Crippen molar-refractivity contribution in [1.29, 1.82) is 0 Å². The number of carbonyl (C=O) groups excluding carboxylic acids is 4. The van der Waals surface area contributed by atoms with Crippen LogP contribution in [0.3, 0.4) is 0 Å². The lowest BCUT2D eigenvalue weighted by atomic mass is 9.74. The number of ether oxygens (including phenoxy) is 2. The van der Waals surface area contributed by atoms with Gasteiger partial charge in [0, 0.05) is 23.5 Å². The van der Waals surface area contributed by atoms with Gasteiger partial charge in [-0.05, 0) is 37.8 Å². The minimum Gasteiger partial charge on any atom is -0.463 e. The zero-order valence-corrected chi connectivity index (χ0v) is 27.1. The molecule has 0 aromatic heterocycles. The highest BCUT2D eigenvalue weighted by atomic mass is 79.9. The normalized spacial score (nSPS) is 33.0. The van der Waals surface area contributed by atoms with Crippen molar-refractivity contribution < 1.29 is 33.8 Å². The Balaban J connectivity index is 1.62. The quantitative estimate of drug-likeness (QED) is 0.336. The van der Waals surface area contributed by atoms with Crippen LogP contribution in [0.1, 0.15) is 64.5 Å². The number of hydrogen-bond donors (Lipinski definition) is 2. The molecule has 10 nitrogen and oxygen atoms in total. The van der Waals surface area contributed by atoms with Gasteiger partial charge in [-0.2, -0.15) is 0 Å². The molecule has 4 heterocycles. The van der Waals surface area contributed by atoms with Gasteiger partial charge in [0.25, 0.3) is 0 Å². The van der Waals surface area contributed by atoms with Gasteiger partial charge in [0.15, 0.2) is 0 Å². The summed E-state index contributed by atoms with van der Waals surface area (Å²) in [4.78, 5) is 59.2. The number of cyclic esters (lactones) is 1. The number of hydrogen-bond acceptors (Lipinski definition) is 7. The molecule has 11 heteroatoms. The van der Waals surface area contributed by atoms with Crippen LogP contribution < -0.4 is 5.32 Å². The molecule has 0 aliphatic carbocycles. The number of amides is 3. The number of esters is 1. The van der Waals surface area contributed by atoms with Crippen molar-refractivity contribution in [2.45, 2.75) is 88.7 Å². The number of carbonyl (C=O) groups is 4. The number of aliphatic hydroxyl groups excluding tert-OH is 1. The van der Waals surface area contributed by atoms with Crippen molar-refractivity contribution in [1.82, 2.24) is 15.1 Å². The van der Waals surface area contributed by atoms with Gasteiger partial charge >= 0.3 is 5.97 Å². The standard InChI is InChI=1S/C33H42BrN3O7/c1-4-12-20(3)36-16-11-7-10-15-25(39)43-19-24(21-13-8-6-9-14-21)35-30(40)26-27-31(41)37(22(5-2)18-38)29(32(36)42)33(27)17-23(34)28(26)44-33/h6-9,11,13-14,17,20,22,24,26-29,38H,4-5,10,12,15-16,18-19H2,1-3H3,(H,35,40)/b11-7-/t20?,22-,24+,26+,27-,28+,29+,33-/m0/s1. The van der Waals surface area contributed by atoms with Crippen molar-refractivity contribution in [3.63, 3.8) is 0 Å². The molecule has 1 spiro atoms. The van der Waals surface area contributed by atoms with Crippen molar-refractivity contribution in [2.75, 3.05) is 19.8 Å². The summed E-state index contributed by atoms with van der Waals surface area (Å²) in [5.74, 6) is -3.42. The number of halogens is 1. The third-order valence-corrected chi connectivity index (χ3v) is 10.1. The van der Waals surface area contributed by atoms with Gasteiger partial charge in [0.2, 0.25) is 17.7 Å². The van der Waals surface area contributed by atoms with Crippen LogP contribution in [-0.2, 0) is 28.7 Å². The van der Waals surface area contributed by atoms with Crippen molar-refractivity contribution in [3.8, 4) is 0 Å². The van der Waals surface area contributed by atoms with E-state index in [0.717, 1.165) is 18.4 Å². The highest BCUT2D eigenvalue weighted by Crippen LogP contribution is 2.59. The van der Waals surface area contributed by atoms with Crippen LogP contribution >= 0.6 is 15.9 Å². The molecule has 2 N–H and O–H groups in total. The second kappa shape index (κ2) is 13.5. The molecule has 3 amide bonds. The van der Waals surface area contributed by atoms with Gasteiger partial charge in [-0.25, -0.2) is 0 Å². The molecule has 4 aliphatic heterocycles. The molecule has 0 saturated carbocycles. The van der Waals surface area contributed by atoms with Crippen LogP contribution in [0.25, 0.3) is 0 Å². The summed E-state index contributed by atoms with van der Waals surface area (Å²) < 4.78 is 12.8. The largest absolute Gasteiger partial charge is 0.463 e. The highest BCUT2D eigenvalue weighted by molar-refractivity contribution is 9.11. The fourth-order valence-electron chi connectivity index (χ4n) is 7.19. The van der Waals surface area contributed by atoms with Gasteiger partial charge in [-0.3, -0.25) is 19.2 Å². The van der Waals surface area contributed by atoms with E-state index < -0.39 is 53.5 Å². The fraction of sp³-hybridized carbons (Fsp3) is 0.576.